The van der Waals surface area contributed by atoms with E-state index in [1.807, 2.05) is 0 Å². The zero-order valence-electron chi connectivity index (χ0n) is 5.69. The highest BCUT2D eigenvalue weighted by Gasteiger charge is 2.23. The standard InChI is InChI=1S/C6H11NO3/c8-3-1-7-2-4-10-6(7)5-9/h5-6,8H,1-4H2. The van der Waals surface area contributed by atoms with E-state index >= 15 is 0 Å². The minimum atomic E-state index is -0.424. The van der Waals surface area contributed by atoms with Crippen molar-refractivity contribution in [2.24, 2.45) is 0 Å². The van der Waals surface area contributed by atoms with Crippen molar-refractivity contribution in [3.05, 3.63) is 0 Å². The maximum Gasteiger partial charge on any atom is 0.167 e. The molecule has 1 heterocycles. The summed E-state index contributed by atoms with van der Waals surface area (Å²) in [4.78, 5) is 12.0. The number of β-amino-alcohol motifs (C(OH)–C–C–N with tert-alkyl or cyclic N) is 1. The zero-order chi connectivity index (χ0) is 7.40. The van der Waals surface area contributed by atoms with Crippen LogP contribution in [0.25, 0.3) is 0 Å². The Morgan fingerprint density at radius 3 is 3.20 bits per heavy atom. The molecule has 0 aromatic heterocycles. The summed E-state index contributed by atoms with van der Waals surface area (Å²) in [5.74, 6) is 0. The highest BCUT2D eigenvalue weighted by atomic mass is 16.5. The van der Waals surface area contributed by atoms with Crippen LogP contribution in [0.15, 0.2) is 0 Å². The molecule has 0 saturated carbocycles. The van der Waals surface area contributed by atoms with Gasteiger partial charge in [-0.2, -0.15) is 0 Å². The minimum Gasteiger partial charge on any atom is -0.395 e. The number of rotatable bonds is 3. The summed E-state index contributed by atoms with van der Waals surface area (Å²) in [7, 11) is 0. The number of carbonyl (C=O) groups is 1. The smallest absolute Gasteiger partial charge is 0.167 e. The number of aldehydes is 1. The van der Waals surface area contributed by atoms with Crippen LogP contribution in [-0.4, -0.2) is 48.8 Å². The molecule has 4 heteroatoms. The lowest BCUT2D eigenvalue weighted by molar-refractivity contribution is -0.121. The molecule has 1 N–H and O–H groups in total. The summed E-state index contributed by atoms with van der Waals surface area (Å²) in [5.41, 5.74) is 0. The summed E-state index contributed by atoms with van der Waals surface area (Å²) < 4.78 is 5.01. The Balaban J connectivity index is 2.34. The average Bonchev–Trinajstić information content (AvgIpc) is 2.36. The van der Waals surface area contributed by atoms with Crippen molar-refractivity contribution in [2.45, 2.75) is 6.23 Å². The van der Waals surface area contributed by atoms with Crippen molar-refractivity contribution in [2.75, 3.05) is 26.3 Å². The van der Waals surface area contributed by atoms with E-state index in [1.54, 1.807) is 4.90 Å². The van der Waals surface area contributed by atoms with Crippen LogP contribution in [0, 0.1) is 0 Å². The number of hydrogen-bond acceptors (Lipinski definition) is 4. The predicted octanol–water partition coefficient (Wildman–Crippen LogP) is -1.16. The normalized spacial score (nSPS) is 27.1. The number of hydrogen-bond donors (Lipinski definition) is 1. The second-order valence-corrected chi connectivity index (χ2v) is 2.16. The van der Waals surface area contributed by atoms with Gasteiger partial charge in [-0.1, -0.05) is 0 Å². The van der Waals surface area contributed by atoms with Gasteiger partial charge in [-0.25, -0.2) is 0 Å². The van der Waals surface area contributed by atoms with Gasteiger partial charge >= 0.3 is 0 Å². The van der Waals surface area contributed by atoms with Crippen LogP contribution in [0.5, 0.6) is 0 Å². The molecule has 0 spiro atoms. The molecule has 1 saturated heterocycles. The molecule has 0 aromatic carbocycles. The third-order valence-electron chi connectivity index (χ3n) is 1.53. The van der Waals surface area contributed by atoms with Gasteiger partial charge in [0.1, 0.15) is 0 Å². The summed E-state index contributed by atoms with van der Waals surface area (Å²) in [6, 6.07) is 0. The van der Waals surface area contributed by atoms with Gasteiger partial charge in [0.2, 0.25) is 0 Å². The fourth-order valence-corrected chi connectivity index (χ4v) is 1.02. The van der Waals surface area contributed by atoms with E-state index in [1.165, 1.54) is 0 Å². The monoisotopic (exact) mass is 145 g/mol. The summed E-state index contributed by atoms with van der Waals surface area (Å²) in [6.45, 7) is 1.92. The third-order valence-corrected chi connectivity index (χ3v) is 1.53. The van der Waals surface area contributed by atoms with Crippen molar-refractivity contribution < 1.29 is 14.6 Å². The van der Waals surface area contributed by atoms with Gasteiger partial charge in [-0.3, -0.25) is 9.69 Å². The molecular weight excluding hydrogens is 134 g/mol. The van der Waals surface area contributed by atoms with E-state index in [9.17, 15) is 4.79 Å². The lowest BCUT2D eigenvalue weighted by atomic mass is 10.5. The second-order valence-electron chi connectivity index (χ2n) is 2.16. The van der Waals surface area contributed by atoms with Crippen LogP contribution in [0.1, 0.15) is 0 Å². The summed E-state index contributed by atoms with van der Waals surface area (Å²) >= 11 is 0. The molecule has 58 valence electrons. The Hall–Kier alpha value is -0.450. The average molecular weight is 145 g/mol. The molecular formula is C6H11NO3. The number of ether oxygens (including phenoxy) is 1. The quantitative estimate of drug-likeness (QED) is 0.509. The summed E-state index contributed by atoms with van der Waals surface area (Å²) in [5, 5.41) is 8.53. The highest BCUT2D eigenvalue weighted by molar-refractivity contribution is 5.55. The molecule has 0 aliphatic carbocycles. The fourth-order valence-electron chi connectivity index (χ4n) is 1.02. The molecule has 1 aliphatic heterocycles. The maximum atomic E-state index is 10.2. The van der Waals surface area contributed by atoms with E-state index in [4.69, 9.17) is 9.84 Å². The molecule has 0 aromatic rings. The number of carbonyl (C=O) groups excluding carboxylic acids is 1. The van der Waals surface area contributed by atoms with E-state index in [0.29, 0.717) is 13.2 Å². The molecule has 0 bridgehead atoms. The molecule has 1 aliphatic rings. The molecule has 0 radical (unpaired) electrons. The number of aliphatic hydroxyl groups is 1. The van der Waals surface area contributed by atoms with Crippen LogP contribution in [0.2, 0.25) is 0 Å². The minimum absolute atomic E-state index is 0.0771. The molecule has 1 unspecified atom stereocenters. The second kappa shape index (κ2) is 3.65. The Kier molecular flexibility index (Phi) is 2.80. The molecule has 4 nitrogen and oxygen atoms in total. The Morgan fingerprint density at radius 1 is 1.80 bits per heavy atom. The van der Waals surface area contributed by atoms with Crippen molar-refractivity contribution in [3.63, 3.8) is 0 Å². The van der Waals surface area contributed by atoms with Crippen LogP contribution in [0.3, 0.4) is 0 Å². The van der Waals surface area contributed by atoms with Gasteiger partial charge in [0.05, 0.1) is 13.2 Å². The predicted molar refractivity (Wildman–Crippen MR) is 34.5 cm³/mol. The topological polar surface area (TPSA) is 49.8 Å². The fraction of sp³-hybridized carbons (Fsp3) is 0.833. The molecule has 1 fully saturated rings. The summed E-state index contributed by atoms with van der Waals surface area (Å²) in [6.07, 6.45) is 0.329. The highest BCUT2D eigenvalue weighted by Crippen LogP contribution is 2.05. The first-order valence-corrected chi connectivity index (χ1v) is 3.30. The van der Waals surface area contributed by atoms with Gasteiger partial charge in [-0.05, 0) is 0 Å². The van der Waals surface area contributed by atoms with Gasteiger partial charge in [0.15, 0.2) is 12.5 Å². The Labute approximate surface area is 59.4 Å². The third kappa shape index (κ3) is 1.53. The van der Waals surface area contributed by atoms with E-state index in [-0.39, 0.29) is 6.61 Å². The van der Waals surface area contributed by atoms with Crippen LogP contribution in [0.4, 0.5) is 0 Å². The van der Waals surface area contributed by atoms with Crippen LogP contribution < -0.4 is 0 Å². The number of nitrogens with zero attached hydrogens (tertiary/aromatic N) is 1. The largest absolute Gasteiger partial charge is 0.395 e. The SMILES string of the molecule is O=CC1OCCN1CCO. The Morgan fingerprint density at radius 2 is 2.60 bits per heavy atom. The van der Waals surface area contributed by atoms with Crippen LogP contribution >= 0.6 is 0 Å². The van der Waals surface area contributed by atoms with Crippen molar-refractivity contribution in [1.82, 2.24) is 4.90 Å². The lowest BCUT2D eigenvalue weighted by Crippen LogP contribution is -2.33. The van der Waals surface area contributed by atoms with E-state index in [0.717, 1.165) is 12.8 Å². The van der Waals surface area contributed by atoms with Gasteiger partial charge in [0, 0.05) is 13.1 Å². The van der Waals surface area contributed by atoms with E-state index in [2.05, 4.69) is 0 Å². The zero-order valence-corrected chi connectivity index (χ0v) is 5.69. The van der Waals surface area contributed by atoms with Crippen LogP contribution in [-0.2, 0) is 9.53 Å². The van der Waals surface area contributed by atoms with Crippen molar-refractivity contribution >= 4 is 6.29 Å². The van der Waals surface area contributed by atoms with Gasteiger partial charge in [0.25, 0.3) is 0 Å². The molecule has 10 heavy (non-hydrogen) atoms. The van der Waals surface area contributed by atoms with Crippen molar-refractivity contribution in [3.8, 4) is 0 Å². The Bertz CT molecular complexity index is 118. The maximum absolute atomic E-state index is 10.2. The lowest BCUT2D eigenvalue weighted by Gasteiger charge is -2.15. The van der Waals surface area contributed by atoms with Gasteiger partial charge < -0.3 is 9.84 Å². The first-order valence-electron chi connectivity index (χ1n) is 3.30. The van der Waals surface area contributed by atoms with Crippen molar-refractivity contribution in [1.29, 1.82) is 0 Å². The first kappa shape index (κ1) is 7.65. The van der Waals surface area contributed by atoms with E-state index < -0.39 is 6.23 Å². The molecule has 1 atom stereocenters. The molecule has 1 rings (SSSR count). The van der Waals surface area contributed by atoms with Gasteiger partial charge in [-0.15, -0.1) is 0 Å². The first-order chi connectivity index (χ1) is 4.88. The molecule has 0 amide bonds. The number of aliphatic hydroxyl groups excluding tert-OH is 1.